The average Bonchev–Trinajstić information content (AvgIpc) is 3.04. The largest absolute Gasteiger partial charge is 0.355 e. The van der Waals surface area contributed by atoms with E-state index in [0.717, 1.165) is 19.0 Å². The summed E-state index contributed by atoms with van der Waals surface area (Å²) in [4.78, 5) is 7.81. The summed E-state index contributed by atoms with van der Waals surface area (Å²) in [6.45, 7) is 3.83. The van der Waals surface area contributed by atoms with Crippen LogP contribution in [0.15, 0.2) is 52.6 Å². The van der Waals surface area contributed by atoms with Crippen LogP contribution in [0.3, 0.4) is 0 Å². The molecule has 0 aliphatic heterocycles. The van der Waals surface area contributed by atoms with Crippen LogP contribution in [0, 0.1) is 0 Å². The third-order valence-corrected chi connectivity index (χ3v) is 5.17. The standard InChI is InChI=1S/C19H30N6S.HI/c1-15(26-17-9-7-6-8-10-17)11-21-19(20-2)22-13-18(24(3)4)16-12-23-25(5)14-16;/h6-10,12,14-15,18H,11,13H2,1-5H3,(H2,20,21,22);1H. The number of aryl methyl sites for hydroxylation is 1. The second-order valence-corrected chi connectivity index (χ2v) is 8.01. The summed E-state index contributed by atoms with van der Waals surface area (Å²) in [5.41, 5.74) is 1.19. The molecule has 0 amide bonds. The summed E-state index contributed by atoms with van der Waals surface area (Å²) in [7, 11) is 7.90. The zero-order valence-corrected chi connectivity index (χ0v) is 19.9. The highest BCUT2D eigenvalue weighted by Crippen LogP contribution is 2.22. The molecule has 1 heterocycles. The molecule has 0 aliphatic rings. The monoisotopic (exact) mass is 502 g/mol. The van der Waals surface area contributed by atoms with E-state index in [2.05, 4.69) is 77.1 Å². The maximum absolute atomic E-state index is 4.34. The third-order valence-electron chi connectivity index (χ3n) is 4.06. The maximum atomic E-state index is 4.34. The van der Waals surface area contributed by atoms with E-state index in [1.807, 2.05) is 35.8 Å². The van der Waals surface area contributed by atoms with Gasteiger partial charge in [0.1, 0.15) is 0 Å². The predicted molar refractivity (Wildman–Crippen MR) is 126 cm³/mol. The van der Waals surface area contributed by atoms with Crippen molar-refractivity contribution >= 4 is 41.7 Å². The second kappa shape index (κ2) is 12.2. The molecule has 1 aromatic heterocycles. The molecule has 150 valence electrons. The average molecular weight is 502 g/mol. The quantitative estimate of drug-likeness (QED) is 0.252. The van der Waals surface area contributed by atoms with E-state index in [4.69, 9.17) is 0 Å². The molecule has 0 aliphatic carbocycles. The molecule has 0 saturated heterocycles. The van der Waals surface area contributed by atoms with Gasteiger partial charge in [-0.15, -0.1) is 35.7 Å². The molecule has 0 fully saturated rings. The van der Waals surface area contributed by atoms with Gasteiger partial charge in [-0.2, -0.15) is 5.10 Å². The van der Waals surface area contributed by atoms with Crippen molar-refractivity contribution in [2.75, 3.05) is 34.2 Å². The molecule has 0 saturated carbocycles. The Morgan fingerprint density at radius 3 is 2.44 bits per heavy atom. The minimum absolute atomic E-state index is 0. The molecule has 27 heavy (non-hydrogen) atoms. The van der Waals surface area contributed by atoms with Crippen LogP contribution in [0.5, 0.6) is 0 Å². The lowest BCUT2D eigenvalue weighted by atomic mass is 10.1. The molecule has 2 unspecified atom stereocenters. The lowest BCUT2D eigenvalue weighted by Crippen LogP contribution is -2.43. The van der Waals surface area contributed by atoms with Crippen LogP contribution in [0.25, 0.3) is 0 Å². The Labute approximate surface area is 184 Å². The van der Waals surface area contributed by atoms with Gasteiger partial charge < -0.3 is 15.5 Å². The highest BCUT2D eigenvalue weighted by molar-refractivity contribution is 14.0. The van der Waals surface area contributed by atoms with Crippen LogP contribution >= 0.6 is 35.7 Å². The minimum Gasteiger partial charge on any atom is -0.355 e. The van der Waals surface area contributed by atoms with Gasteiger partial charge in [0.05, 0.1) is 12.2 Å². The number of guanidine groups is 1. The third kappa shape index (κ3) is 8.10. The van der Waals surface area contributed by atoms with Crippen molar-refractivity contribution in [1.29, 1.82) is 0 Å². The Hall–Kier alpha value is -1.26. The molecular weight excluding hydrogens is 471 g/mol. The number of halogens is 1. The molecule has 2 aromatic rings. The van der Waals surface area contributed by atoms with Crippen molar-refractivity contribution in [3.05, 3.63) is 48.3 Å². The van der Waals surface area contributed by atoms with Crippen molar-refractivity contribution in [3.8, 4) is 0 Å². The summed E-state index contributed by atoms with van der Waals surface area (Å²) in [5.74, 6) is 0.821. The molecule has 2 N–H and O–H groups in total. The van der Waals surface area contributed by atoms with E-state index >= 15 is 0 Å². The van der Waals surface area contributed by atoms with Gasteiger partial charge in [0.25, 0.3) is 0 Å². The molecule has 2 atom stereocenters. The molecule has 0 spiro atoms. The highest BCUT2D eigenvalue weighted by atomic mass is 127. The van der Waals surface area contributed by atoms with Crippen LogP contribution in [0.2, 0.25) is 0 Å². The number of nitrogens with zero attached hydrogens (tertiary/aromatic N) is 4. The molecule has 6 nitrogen and oxygen atoms in total. The van der Waals surface area contributed by atoms with Crippen LogP contribution in [-0.2, 0) is 7.05 Å². The number of hydrogen-bond acceptors (Lipinski definition) is 4. The topological polar surface area (TPSA) is 57.5 Å². The van der Waals surface area contributed by atoms with Gasteiger partial charge in [0.2, 0.25) is 0 Å². The van der Waals surface area contributed by atoms with Crippen LogP contribution < -0.4 is 10.6 Å². The predicted octanol–water partition coefficient (Wildman–Crippen LogP) is 2.99. The van der Waals surface area contributed by atoms with E-state index < -0.39 is 0 Å². The molecular formula is C19H31IN6S. The first-order valence-corrected chi connectivity index (χ1v) is 9.68. The van der Waals surface area contributed by atoms with Crippen molar-refractivity contribution in [2.24, 2.45) is 12.0 Å². The normalized spacial score (nSPS) is 13.8. The van der Waals surface area contributed by atoms with Crippen LogP contribution in [0.1, 0.15) is 18.5 Å². The van der Waals surface area contributed by atoms with Crippen molar-refractivity contribution in [2.45, 2.75) is 23.1 Å². The minimum atomic E-state index is 0. The number of rotatable bonds is 8. The van der Waals surface area contributed by atoms with E-state index in [1.54, 1.807) is 7.05 Å². The number of benzene rings is 1. The summed E-state index contributed by atoms with van der Waals surface area (Å²) in [6, 6.07) is 10.7. The van der Waals surface area contributed by atoms with Crippen molar-refractivity contribution in [3.63, 3.8) is 0 Å². The molecule has 2 rings (SSSR count). The first kappa shape index (κ1) is 23.8. The fraction of sp³-hybridized carbons (Fsp3) is 0.474. The van der Waals surface area contributed by atoms with Gasteiger partial charge in [-0.05, 0) is 26.2 Å². The van der Waals surface area contributed by atoms with E-state index in [-0.39, 0.29) is 30.0 Å². The smallest absolute Gasteiger partial charge is 0.191 e. The Balaban J connectivity index is 0.00000364. The van der Waals surface area contributed by atoms with Gasteiger partial charge in [0, 0.05) is 49.1 Å². The summed E-state index contributed by atoms with van der Waals surface area (Å²) in [6.07, 6.45) is 3.97. The van der Waals surface area contributed by atoms with E-state index in [9.17, 15) is 0 Å². The van der Waals surface area contributed by atoms with Crippen LogP contribution in [0.4, 0.5) is 0 Å². The lowest BCUT2D eigenvalue weighted by molar-refractivity contribution is 0.298. The van der Waals surface area contributed by atoms with Crippen molar-refractivity contribution in [1.82, 2.24) is 25.3 Å². The Kier molecular flexibility index (Phi) is 10.8. The number of thioether (sulfide) groups is 1. The molecule has 1 aromatic carbocycles. The SMILES string of the molecule is CN=C(NCC(C)Sc1ccccc1)NCC(c1cnn(C)c1)N(C)C.I. The lowest BCUT2D eigenvalue weighted by Gasteiger charge is -2.25. The Morgan fingerprint density at radius 2 is 1.89 bits per heavy atom. The van der Waals surface area contributed by atoms with Gasteiger partial charge in [-0.1, -0.05) is 25.1 Å². The van der Waals surface area contributed by atoms with Gasteiger partial charge in [-0.3, -0.25) is 9.67 Å². The van der Waals surface area contributed by atoms with Crippen LogP contribution in [-0.4, -0.2) is 60.1 Å². The second-order valence-electron chi connectivity index (χ2n) is 6.50. The summed E-state index contributed by atoms with van der Waals surface area (Å²) in [5, 5.41) is 11.6. The zero-order chi connectivity index (χ0) is 18.9. The van der Waals surface area contributed by atoms with E-state index in [1.165, 1.54) is 10.5 Å². The summed E-state index contributed by atoms with van der Waals surface area (Å²) < 4.78 is 1.83. The maximum Gasteiger partial charge on any atom is 0.191 e. The first-order chi connectivity index (χ1) is 12.5. The number of likely N-dealkylation sites (N-methyl/N-ethyl adjacent to an activating group) is 1. The number of aromatic nitrogens is 2. The number of nitrogens with one attached hydrogen (secondary N) is 2. The molecule has 8 heteroatoms. The number of aliphatic imine (C=N–C) groups is 1. The molecule has 0 radical (unpaired) electrons. The Morgan fingerprint density at radius 1 is 1.22 bits per heavy atom. The van der Waals surface area contributed by atoms with E-state index in [0.29, 0.717) is 5.25 Å². The summed E-state index contributed by atoms with van der Waals surface area (Å²) >= 11 is 1.86. The number of hydrogen-bond donors (Lipinski definition) is 2. The fourth-order valence-electron chi connectivity index (χ4n) is 2.64. The van der Waals surface area contributed by atoms with Gasteiger partial charge in [0.15, 0.2) is 5.96 Å². The first-order valence-electron chi connectivity index (χ1n) is 8.80. The van der Waals surface area contributed by atoms with Crippen molar-refractivity contribution < 1.29 is 0 Å². The van der Waals surface area contributed by atoms with Gasteiger partial charge >= 0.3 is 0 Å². The molecule has 0 bridgehead atoms. The highest BCUT2D eigenvalue weighted by Gasteiger charge is 2.16. The fourth-order valence-corrected chi connectivity index (χ4v) is 3.58. The zero-order valence-electron chi connectivity index (χ0n) is 16.7. The van der Waals surface area contributed by atoms with Gasteiger partial charge in [-0.25, -0.2) is 0 Å². The Bertz CT molecular complexity index is 689.